The topological polar surface area (TPSA) is 38.3 Å². The first kappa shape index (κ1) is 15.0. The zero-order valence-electron chi connectivity index (χ0n) is 9.26. The Morgan fingerprint density at radius 2 is 2.11 bits per heavy atom. The lowest BCUT2D eigenvalue weighted by Crippen LogP contribution is -2.28. The van der Waals surface area contributed by atoms with Crippen LogP contribution >= 0.6 is 15.9 Å². The Morgan fingerprint density at radius 3 is 2.72 bits per heavy atom. The summed E-state index contributed by atoms with van der Waals surface area (Å²) in [5.74, 6) is -0.355. The van der Waals surface area contributed by atoms with Crippen molar-refractivity contribution in [2.45, 2.75) is 6.18 Å². The van der Waals surface area contributed by atoms with Crippen LogP contribution in [0.1, 0.15) is 10.4 Å². The Kier molecular flexibility index (Phi) is 5.61. The summed E-state index contributed by atoms with van der Waals surface area (Å²) in [6.45, 7) is -1.46. The molecule has 7 heteroatoms. The molecule has 0 radical (unpaired) electrons. The standard InChI is InChI=1S/C11H11BrF3NO2/c12-9-3-1-2-8(6-9)10(17)16-4-5-18-7-11(13,14)15/h1-3,6H,4-5,7H2,(H,16,17). The number of nitrogens with one attached hydrogen (secondary N) is 1. The van der Waals surface area contributed by atoms with Gasteiger partial charge in [0.1, 0.15) is 6.61 Å². The first-order chi connectivity index (χ1) is 8.38. The van der Waals surface area contributed by atoms with E-state index in [2.05, 4.69) is 26.0 Å². The number of rotatable bonds is 5. The van der Waals surface area contributed by atoms with Crippen molar-refractivity contribution in [1.29, 1.82) is 0 Å². The third-order valence-corrected chi connectivity index (χ3v) is 2.38. The van der Waals surface area contributed by atoms with Crippen LogP contribution in [-0.4, -0.2) is 31.8 Å². The number of halogens is 4. The van der Waals surface area contributed by atoms with Gasteiger partial charge in [0.05, 0.1) is 6.61 Å². The van der Waals surface area contributed by atoms with Crippen molar-refractivity contribution >= 4 is 21.8 Å². The molecule has 0 aromatic heterocycles. The molecule has 0 heterocycles. The van der Waals surface area contributed by atoms with E-state index in [-0.39, 0.29) is 19.1 Å². The number of hydrogen-bond donors (Lipinski definition) is 1. The number of alkyl halides is 3. The molecule has 1 amide bonds. The summed E-state index contributed by atoms with van der Waals surface area (Å²) in [5.41, 5.74) is 0.431. The van der Waals surface area contributed by atoms with Crippen molar-refractivity contribution in [3.8, 4) is 0 Å². The molecule has 0 bridgehead atoms. The van der Waals surface area contributed by atoms with Gasteiger partial charge in [0.15, 0.2) is 0 Å². The molecule has 1 rings (SSSR count). The van der Waals surface area contributed by atoms with E-state index in [0.29, 0.717) is 5.56 Å². The van der Waals surface area contributed by atoms with Crippen LogP contribution in [0.5, 0.6) is 0 Å². The molecule has 1 aromatic rings. The van der Waals surface area contributed by atoms with Crippen LogP contribution in [0.2, 0.25) is 0 Å². The van der Waals surface area contributed by atoms with Crippen molar-refractivity contribution < 1.29 is 22.7 Å². The maximum atomic E-state index is 11.7. The molecule has 0 fully saturated rings. The Hall–Kier alpha value is -1.08. The first-order valence-corrected chi connectivity index (χ1v) is 5.86. The molecule has 0 saturated heterocycles. The van der Waals surface area contributed by atoms with E-state index in [0.717, 1.165) is 4.47 Å². The van der Waals surface area contributed by atoms with Crippen molar-refractivity contribution in [3.05, 3.63) is 34.3 Å². The van der Waals surface area contributed by atoms with E-state index in [1.807, 2.05) is 0 Å². The highest BCUT2D eigenvalue weighted by Gasteiger charge is 2.27. The smallest absolute Gasteiger partial charge is 0.370 e. The van der Waals surface area contributed by atoms with Gasteiger partial charge < -0.3 is 10.1 Å². The highest BCUT2D eigenvalue weighted by atomic mass is 79.9. The van der Waals surface area contributed by atoms with E-state index in [1.165, 1.54) is 0 Å². The predicted molar refractivity (Wildman–Crippen MR) is 63.3 cm³/mol. The van der Waals surface area contributed by atoms with Gasteiger partial charge in [-0.25, -0.2) is 0 Å². The monoisotopic (exact) mass is 325 g/mol. The van der Waals surface area contributed by atoms with E-state index in [1.54, 1.807) is 24.3 Å². The van der Waals surface area contributed by atoms with Crippen LogP contribution in [0, 0.1) is 0 Å². The normalized spacial score (nSPS) is 11.3. The molecule has 0 spiro atoms. The van der Waals surface area contributed by atoms with Crippen LogP contribution in [0.4, 0.5) is 13.2 Å². The summed E-state index contributed by atoms with van der Waals surface area (Å²) in [6, 6.07) is 6.69. The molecule has 0 unspecified atom stereocenters. The van der Waals surface area contributed by atoms with Crippen LogP contribution in [0.25, 0.3) is 0 Å². The Balaban J connectivity index is 2.26. The fourth-order valence-corrected chi connectivity index (χ4v) is 1.56. The third kappa shape index (κ3) is 6.02. The molecule has 18 heavy (non-hydrogen) atoms. The van der Waals surface area contributed by atoms with Crippen molar-refractivity contribution in [2.24, 2.45) is 0 Å². The van der Waals surface area contributed by atoms with E-state index in [4.69, 9.17) is 0 Å². The minimum Gasteiger partial charge on any atom is -0.370 e. The maximum Gasteiger partial charge on any atom is 0.411 e. The van der Waals surface area contributed by atoms with E-state index in [9.17, 15) is 18.0 Å². The van der Waals surface area contributed by atoms with Gasteiger partial charge in [-0.3, -0.25) is 4.79 Å². The molecular formula is C11H11BrF3NO2. The van der Waals surface area contributed by atoms with Gasteiger partial charge in [0, 0.05) is 16.6 Å². The fourth-order valence-electron chi connectivity index (χ4n) is 1.16. The van der Waals surface area contributed by atoms with Gasteiger partial charge in [-0.1, -0.05) is 22.0 Å². The summed E-state index contributed by atoms with van der Waals surface area (Å²) in [5, 5.41) is 2.46. The van der Waals surface area contributed by atoms with Gasteiger partial charge in [0.2, 0.25) is 0 Å². The van der Waals surface area contributed by atoms with Gasteiger partial charge in [-0.15, -0.1) is 0 Å². The van der Waals surface area contributed by atoms with Crippen LogP contribution < -0.4 is 5.32 Å². The lowest BCUT2D eigenvalue weighted by atomic mass is 10.2. The van der Waals surface area contributed by atoms with Crippen LogP contribution in [0.15, 0.2) is 28.7 Å². The minimum absolute atomic E-state index is 0.0292. The molecule has 0 atom stereocenters. The quantitative estimate of drug-likeness (QED) is 0.845. The molecule has 0 saturated carbocycles. The summed E-state index contributed by atoms with van der Waals surface area (Å²) in [4.78, 5) is 11.5. The molecule has 1 N–H and O–H groups in total. The predicted octanol–water partition coefficient (Wildman–Crippen LogP) is 2.76. The zero-order chi connectivity index (χ0) is 13.6. The third-order valence-electron chi connectivity index (χ3n) is 1.88. The average molecular weight is 326 g/mol. The largest absolute Gasteiger partial charge is 0.411 e. The van der Waals surface area contributed by atoms with Gasteiger partial charge in [-0.05, 0) is 18.2 Å². The number of benzene rings is 1. The van der Waals surface area contributed by atoms with Crippen LogP contribution in [-0.2, 0) is 4.74 Å². The lowest BCUT2D eigenvalue weighted by Gasteiger charge is -2.08. The molecule has 1 aromatic carbocycles. The highest BCUT2D eigenvalue weighted by molar-refractivity contribution is 9.10. The first-order valence-electron chi connectivity index (χ1n) is 5.07. The second-order valence-corrected chi connectivity index (χ2v) is 4.35. The minimum atomic E-state index is -4.34. The fraction of sp³-hybridized carbons (Fsp3) is 0.364. The molecule has 3 nitrogen and oxygen atoms in total. The molecule has 100 valence electrons. The molecular weight excluding hydrogens is 315 g/mol. The molecule has 0 aliphatic carbocycles. The van der Waals surface area contributed by atoms with E-state index >= 15 is 0 Å². The summed E-state index contributed by atoms with van der Waals surface area (Å²) in [6.07, 6.45) is -4.34. The highest BCUT2D eigenvalue weighted by Crippen LogP contribution is 2.14. The van der Waals surface area contributed by atoms with Gasteiger partial charge in [-0.2, -0.15) is 13.2 Å². The number of ether oxygens (including phenoxy) is 1. The lowest BCUT2D eigenvalue weighted by molar-refractivity contribution is -0.173. The number of amides is 1. The Morgan fingerprint density at radius 1 is 1.39 bits per heavy atom. The Bertz CT molecular complexity index is 410. The SMILES string of the molecule is O=C(NCCOCC(F)(F)F)c1cccc(Br)c1. The number of hydrogen-bond acceptors (Lipinski definition) is 2. The van der Waals surface area contributed by atoms with Crippen molar-refractivity contribution in [3.63, 3.8) is 0 Å². The Labute approximate surface area is 110 Å². The molecule has 0 aliphatic rings. The number of carbonyl (C=O) groups is 1. The zero-order valence-corrected chi connectivity index (χ0v) is 10.8. The summed E-state index contributed by atoms with van der Waals surface area (Å²) >= 11 is 3.22. The van der Waals surface area contributed by atoms with E-state index < -0.39 is 12.8 Å². The van der Waals surface area contributed by atoms with Crippen molar-refractivity contribution in [1.82, 2.24) is 5.32 Å². The van der Waals surface area contributed by atoms with Crippen molar-refractivity contribution in [2.75, 3.05) is 19.8 Å². The van der Waals surface area contributed by atoms with Gasteiger partial charge >= 0.3 is 6.18 Å². The maximum absolute atomic E-state index is 11.7. The second-order valence-electron chi connectivity index (χ2n) is 3.43. The number of carbonyl (C=O) groups excluding carboxylic acids is 1. The summed E-state index contributed by atoms with van der Waals surface area (Å²) in [7, 11) is 0. The molecule has 0 aliphatic heterocycles. The van der Waals surface area contributed by atoms with Crippen LogP contribution in [0.3, 0.4) is 0 Å². The average Bonchev–Trinajstić information content (AvgIpc) is 2.26. The second kappa shape index (κ2) is 6.75. The van der Waals surface area contributed by atoms with Gasteiger partial charge in [0.25, 0.3) is 5.91 Å². The summed E-state index contributed by atoms with van der Waals surface area (Å²) < 4.78 is 40.3.